The Morgan fingerprint density at radius 3 is 2.04 bits per heavy atom. The number of carboxylic acid groups (broad SMARTS) is 1. The third-order valence-corrected chi connectivity index (χ3v) is 3.20. The van der Waals surface area contributed by atoms with Crippen LogP contribution in [-0.2, 0) is 4.79 Å². The van der Waals surface area contributed by atoms with Gasteiger partial charge in [0.25, 0.3) is 0 Å². The normalized spacial score (nSPS) is 14.3. The number of aliphatic hydroxyl groups is 1. The number of hydrogen-bond acceptors (Lipinski definition) is 2. The van der Waals surface area contributed by atoms with Crippen molar-refractivity contribution in [1.82, 2.24) is 0 Å². The molecule has 0 aromatic carbocycles. The molecule has 0 aliphatic carbocycles. The number of carbonyl (C=O) groups is 1. The molecule has 0 aromatic heterocycles. The lowest BCUT2D eigenvalue weighted by atomic mass is 10.2. The van der Waals surface area contributed by atoms with Crippen molar-refractivity contribution in [2.24, 2.45) is 0 Å². The fraction of sp³-hybridized carbons (Fsp3) is 0.409. The van der Waals surface area contributed by atoms with Gasteiger partial charge in [-0.1, -0.05) is 79.8 Å². The average molecular weight is 344 g/mol. The molecule has 2 N–H and O–H groups in total. The fourth-order valence-corrected chi connectivity index (χ4v) is 1.87. The van der Waals surface area contributed by atoms with E-state index in [0.29, 0.717) is 12.8 Å². The molecule has 0 amide bonds. The molecule has 138 valence electrons. The van der Waals surface area contributed by atoms with Crippen LogP contribution in [0.5, 0.6) is 0 Å². The molecule has 0 radical (unpaired) electrons. The van der Waals surface area contributed by atoms with Gasteiger partial charge < -0.3 is 10.2 Å². The molecule has 1 atom stereocenters. The summed E-state index contributed by atoms with van der Waals surface area (Å²) < 4.78 is 0. The monoisotopic (exact) mass is 344 g/mol. The molecule has 0 aromatic rings. The molecule has 0 aliphatic heterocycles. The van der Waals surface area contributed by atoms with E-state index in [4.69, 9.17) is 5.11 Å². The van der Waals surface area contributed by atoms with Crippen LogP contribution in [0.4, 0.5) is 0 Å². The van der Waals surface area contributed by atoms with Crippen molar-refractivity contribution in [3.8, 4) is 0 Å². The summed E-state index contributed by atoms with van der Waals surface area (Å²) in [6.07, 6.45) is 28.6. The van der Waals surface area contributed by atoms with Crippen LogP contribution >= 0.6 is 0 Å². The second-order valence-electron chi connectivity index (χ2n) is 5.55. The third kappa shape index (κ3) is 19.8. The molecular weight excluding hydrogens is 312 g/mol. The maximum absolute atomic E-state index is 10.3. The molecule has 3 heteroatoms. The summed E-state index contributed by atoms with van der Waals surface area (Å²) in [6.45, 7) is 2.13. The minimum absolute atomic E-state index is 0.129. The maximum Gasteiger partial charge on any atom is 0.303 e. The Balaban J connectivity index is 3.71. The predicted molar refractivity (Wildman–Crippen MR) is 106 cm³/mol. The van der Waals surface area contributed by atoms with E-state index in [2.05, 4.69) is 43.4 Å². The lowest BCUT2D eigenvalue weighted by molar-refractivity contribution is -0.136. The summed E-state index contributed by atoms with van der Waals surface area (Å²) in [5, 5.41) is 18.2. The lowest BCUT2D eigenvalue weighted by Crippen LogP contribution is -1.99. The molecule has 0 rings (SSSR count). The summed E-state index contributed by atoms with van der Waals surface area (Å²) in [5.41, 5.74) is 0. The standard InChI is InChI=1S/C22H32O3/c1-2-3-4-5-6-7-8-9-10-11-12-13-15-18-21(23)19-16-14-17-20-22(24)25/h3-4,6-7,9-10,12-16,18,21,23H,2,5,8,11,17,19-20H2,1H3,(H,24,25)/b4-3+,7-6+,10-9+,13-12+,16-14-,18-15+/t21-/m0/s1. The first-order valence-corrected chi connectivity index (χ1v) is 9.00. The van der Waals surface area contributed by atoms with Crippen LogP contribution in [-0.4, -0.2) is 22.3 Å². The Labute approximate surface area is 152 Å². The van der Waals surface area contributed by atoms with Crippen molar-refractivity contribution in [3.05, 3.63) is 72.9 Å². The highest BCUT2D eigenvalue weighted by atomic mass is 16.4. The third-order valence-electron chi connectivity index (χ3n) is 3.20. The van der Waals surface area contributed by atoms with Crippen LogP contribution in [0, 0.1) is 0 Å². The number of aliphatic hydroxyl groups excluding tert-OH is 1. The van der Waals surface area contributed by atoms with Crippen LogP contribution in [0.2, 0.25) is 0 Å². The molecule has 3 nitrogen and oxygen atoms in total. The molecule has 0 unspecified atom stereocenters. The second-order valence-corrected chi connectivity index (χ2v) is 5.55. The Morgan fingerprint density at radius 1 is 0.840 bits per heavy atom. The number of carboxylic acids is 1. The van der Waals surface area contributed by atoms with Gasteiger partial charge in [-0.05, 0) is 38.5 Å². The van der Waals surface area contributed by atoms with Gasteiger partial charge in [-0.3, -0.25) is 4.79 Å². The van der Waals surface area contributed by atoms with Crippen LogP contribution in [0.15, 0.2) is 72.9 Å². The van der Waals surface area contributed by atoms with E-state index in [0.717, 1.165) is 25.7 Å². The van der Waals surface area contributed by atoms with Crippen LogP contribution in [0.25, 0.3) is 0 Å². The first kappa shape index (κ1) is 22.9. The molecule has 0 saturated heterocycles. The van der Waals surface area contributed by atoms with Crippen molar-refractivity contribution >= 4 is 5.97 Å². The van der Waals surface area contributed by atoms with Crippen molar-refractivity contribution in [2.75, 3.05) is 0 Å². The molecule has 0 fully saturated rings. The van der Waals surface area contributed by atoms with Gasteiger partial charge in [0.15, 0.2) is 0 Å². The predicted octanol–water partition coefficient (Wildman–Crippen LogP) is 5.52. The zero-order valence-electron chi connectivity index (χ0n) is 15.3. The quantitative estimate of drug-likeness (QED) is 0.322. The van der Waals surface area contributed by atoms with Crippen LogP contribution < -0.4 is 0 Å². The van der Waals surface area contributed by atoms with E-state index in [1.807, 2.05) is 24.3 Å². The zero-order chi connectivity index (χ0) is 18.6. The Bertz CT molecular complexity index is 493. The maximum atomic E-state index is 10.3. The van der Waals surface area contributed by atoms with Crippen LogP contribution in [0.3, 0.4) is 0 Å². The van der Waals surface area contributed by atoms with E-state index < -0.39 is 12.1 Å². The first-order chi connectivity index (χ1) is 12.2. The molecule has 0 spiro atoms. The first-order valence-electron chi connectivity index (χ1n) is 9.00. The van der Waals surface area contributed by atoms with Gasteiger partial charge in [-0.15, -0.1) is 0 Å². The highest BCUT2D eigenvalue weighted by Crippen LogP contribution is 1.99. The van der Waals surface area contributed by atoms with Gasteiger partial charge >= 0.3 is 5.97 Å². The highest BCUT2D eigenvalue weighted by Gasteiger charge is 1.95. The SMILES string of the molecule is CC/C=C/C/C=C/C/C=C/C/C=C/C=C/[C@H](O)C/C=C\CCC(=O)O. The van der Waals surface area contributed by atoms with Crippen molar-refractivity contribution in [1.29, 1.82) is 0 Å². The molecule has 25 heavy (non-hydrogen) atoms. The van der Waals surface area contributed by atoms with E-state index in [9.17, 15) is 9.90 Å². The highest BCUT2D eigenvalue weighted by molar-refractivity contribution is 5.66. The van der Waals surface area contributed by atoms with Gasteiger partial charge in [0.1, 0.15) is 0 Å². The second kappa shape index (κ2) is 18.2. The van der Waals surface area contributed by atoms with E-state index in [1.165, 1.54) is 0 Å². The van der Waals surface area contributed by atoms with Crippen molar-refractivity contribution < 1.29 is 15.0 Å². The van der Waals surface area contributed by atoms with Gasteiger partial charge in [-0.25, -0.2) is 0 Å². The minimum atomic E-state index is -0.801. The van der Waals surface area contributed by atoms with Gasteiger partial charge in [0.05, 0.1) is 6.10 Å². The molecule has 0 heterocycles. The Kier molecular flexibility index (Phi) is 16.7. The number of rotatable bonds is 14. The number of hydrogen-bond donors (Lipinski definition) is 2. The van der Waals surface area contributed by atoms with Gasteiger partial charge in [-0.2, -0.15) is 0 Å². The van der Waals surface area contributed by atoms with Gasteiger partial charge in [0, 0.05) is 6.42 Å². The Morgan fingerprint density at radius 2 is 1.44 bits per heavy atom. The zero-order valence-corrected chi connectivity index (χ0v) is 15.3. The smallest absolute Gasteiger partial charge is 0.303 e. The fourth-order valence-electron chi connectivity index (χ4n) is 1.87. The summed E-state index contributed by atoms with van der Waals surface area (Å²) in [7, 11) is 0. The molecular formula is C22H32O3. The topological polar surface area (TPSA) is 57.5 Å². The molecule has 0 saturated carbocycles. The lowest BCUT2D eigenvalue weighted by Gasteiger charge is -1.98. The minimum Gasteiger partial charge on any atom is -0.481 e. The summed E-state index contributed by atoms with van der Waals surface area (Å²) >= 11 is 0. The Hall–Kier alpha value is -2.13. The molecule has 0 aliphatic rings. The average Bonchev–Trinajstić information content (AvgIpc) is 2.58. The van der Waals surface area contributed by atoms with Crippen LogP contribution in [0.1, 0.15) is 51.9 Å². The summed E-state index contributed by atoms with van der Waals surface area (Å²) in [5.74, 6) is -0.801. The van der Waals surface area contributed by atoms with E-state index in [1.54, 1.807) is 12.2 Å². The summed E-state index contributed by atoms with van der Waals surface area (Å²) in [6, 6.07) is 0. The largest absolute Gasteiger partial charge is 0.481 e. The summed E-state index contributed by atoms with van der Waals surface area (Å²) in [4.78, 5) is 10.3. The number of aliphatic carboxylic acids is 1. The van der Waals surface area contributed by atoms with Crippen molar-refractivity contribution in [3.63, 3.8) is 0 Å². The van der Waals surface area contributed by atoms with Crippen molar-refractivity contribution in [2.45, 2.75) is 58.0 Å². The van der Waals surface area contributed by atoms with E-state index >= 15 is 0 Å². The molecule has 0 bridgehead atoms. The van der Waals surface area contributed by atoms with Gasteiger partial charge in [0.2, 0.25) is 0 Å². The number of allylic oxidation sites excluding steroid dienone is 10. The van der Waals surface area contributed by atoms with E-state index in [-0.39, 0.29) is 6.42 Å².